The van der Waals surface area contributed by atoms with Crippen molar-refractivity contribution in [3.8, 4) is 0 Å². The summed E-state index contributed by atoms with van der Waals surface area (Å²) in [7, 11) is -11.1. The maximum absolute atomic E-state index is 11.8. The number of phosphoric ester groups is 1. The van der Waals surface area contributed by atoms with E-state index in [2.05, 4.69) is 79.2 Å². The van der Waals surface area contributed by atoms with Crippen LogP contribution in [-0.2, 0) is 22.7 Å². The molecule has 0 bridgehead atoms. The van der Waals surface area contributed by atoms with Crippen molar-refractivity contribution in [2.75, 3.05) is 64.7 Å². The third-order valence-electron chi connectivity index (χ3n) is 11.6. The number of hydrogen-bond donors (Lipinski definition) is 5. The van der Waals surface area contributed by atoms with Crippen LogP contribution in [0.1, 0.15) is 164 Å². The molecule has 0 saturated carbocycles. The molecule has 1 fully saturated rings. The number of rotatable bonds is 30. The van der Waals surface area contributed by atoms with Crippen LogP contribution in [0.4, 0.5) is 5.95 Å². The quantitative estimate of drug-likeness (QED) is 0.0426. The molecule has 3 rings (SSSR count). The Morgan fingerprint density at radius 3 is 1.44 bits per heavy atom. The summed E-state index contributed by atoms with van der Waals surface area (Å²) in [6, 6.07) is 0. The SMILES string of the molecule is CCCC[N+](CCCC)(CCCC)CCCC.CCCC[N+](CCCC)(CCCC)CCCC.Nc1nc2c(ncn2[C@@H]2O[C@H](COP(=O)([O-])OP(=O)([O-])O)[C@@H](O)[C@H]2O)c(=O)[nH]1. The maximum Gasteiger partial charge on any atom is 0.280 e. The number of aliphatic hydroxyl groups is 2. The highest BCUT2D eigenvalue weighted by Crippen LogP contribution is 2.52. The molecule has 0 aromatic carbocycles. The van der Waals surface area contributed by atoms with E-state index >= 15 is 0 Å². The highest BCUT2D eigenvalue weighted by Gasteiger charge is 2.45. The van der Waals surface area contributed by atoms with Gasteiger partial charge in [-0.2, -0.15) is 4.98 Å². The molecule has 2 unspecified atom stereocenters. The molecule has 0 aliphatic carbocycles. The molecule has 6 atom stereocenters. The van der Waals surface area contributed by atoms with Crippen molar-refractivity contribution >= 4 is 32.8 Å². The second-order valence-electron chi connectivity index (χ2n) is 16.9. The first-order chi connectivity index (χ1) is 29.4. The molecule has 6 N–H and O–H groups in total. The monoisotopic (exact) mass is 926 g/mol. The first-order valence-electron chi connectivity index (χ1n) is 23.5. The fraction of sp³-hybridized carbons (Fsp3) is 0.881. The molecule has 62 heavy (non-hydrogen) atoms. The van der Waals surface area contributed by atoms with E-state index in [0.717, 1.165) is 10.9 Å². The molecule has 0 spiro atoms. The third kappa shape index (κ3) is 21.0. The number of nitrogens with one attached hydrogen (secondary N) is 1. The van der Waals surface area contributed by atoms with E-state index in [1.165, 1.54) is 164 Å². The molecular weight excluding hydrogens is 840 g/mol. The molecule has 0 amide bonds. The van der Waals surface area contributed by atoms with Gasteiger partial charge in [-0.05, 0) is 51.4 Å². The molecule has 18 nitrogen and oxygen atoms in total. The van der Waals surface area contributed by atoms with E-state index in [-0.39, 0.29) is 17.1 Å². The van der Waals surface area contributed by atoms with E-state index in [9.17, 15) is 33.9 Å². The number of aromatic amines is 1. The summed E-state index contributed by atoms with van der Waals surface area (Å²) >= 11 is 0. The topological polar surface area (TPSA) is 258 Å². The molecule has 0 radical (unpaired) electrons. The third-order valence-corrected chi connectivity index (χ3v) is 13.6. The highest BCUT2D eigenvalue weighted by molar-refractivity contribution is 7.59. The van der Waals surface area contributed by atoms with Crippen LogP contribution in [-0.4, -0.2) is 121 Å². The van der Waals surface area contributed by atoms with E-state index < -0.39 is 52.4 Å². The number of nitrogens with two attached hydrogens (primary N) is 1. The maximum atomic E-state index is 11.8. The van der Waals surface area contributed by atoms with Gasteiger partial charge in [-0.1, -0.05) is 107 Å². The number of imidazole rings is 1. The summed E-state index contributed by atoms with van der Waals surface area (Å²) in [4.78, 5) is 51.9. The fourth-order valence-corrected chi connectivity index (χ4v) is 9.36. The van der Waals surface area contributed by atoms with Crippen molar-refractivity contribution in [1.29, 1.82) is 0 Å². The molecule has 2 aromatic rings. The van der Waals surface area contributed by atoms with Crippen molar-refractivity contribution in [2.24, 2.45) is 0 Å². The Balaban J connectivity index is 0.000000494. The number of hydrogen-bond acceptors (Lipinski definition) is 13. The normalized spacial score (nSPS) is 20.0. The van der Waals surface area contributed by atoms with Gasteiger partial charge in [-0.3, -0.25) is 23.5 Å². The Morgan fingerprint density at radius 2 is 1.10 bits per heavy atom. The summed E-state index contributed by atoms with van der Waals surface area (Å²) < 4.78 is 38.7. The summed E-state index contributed by atoms with van der Waals surface area (Å²) in [6.07, 6.45) is 17.1. The van der Waals surface area contributed by atoms with Crippen LogP contribution in [0.2, 0.25) is 0 Å². The average Bonchev–Trinajstić information content (AvgIpc) is 3.77. The second kappa shape index (κ2) is 30.4. The van der Waals surface area contributed by atoms with Crippen molar-refractivity contribution in [3.63, 3.8) is 0 Å². The summed E-state index contributed by atoms with van der Waals surface area (Å²) in [6.45, 7) is 29.1. The van der Waals surface area contributed by atoms with E-state index in [1.54, 1.807) is 0 Å². The van der Waals surface area contributed by atoms with E-state index in [0.29, 0.717) is 0 Å². The van der Waals surface area contributed by atoms with Crippen molar-refractivity contribution < 1.29 is 56.6 Å². The lowest BCUT2D eigenvalue weighted by molar-refractivity contribution is -0.929. The van der Waals surface area contributed by atoms with Gasteiger partial charge in [0.1, 0.15) is 18.3 Å². The number of nitrogens with zero attached hydrogens (tertiary/aromatic N) is 5. The second-order valence-corrected chi connectivity index (χ2v) is 19.7. The number of phosphoric acid groups is 2. The zero-order valence-corrected chi connectivity index (χ0v) is 41.2. The number of aliphatic hydroxyl groups excluding tert-OH is 2. The van der Waals surface area contributed by atoms with Gasteiger partial charge in [-0.25, -0.2) is 9.29 Å². The van der Waals surface area contributed by atoms with Gasteiger partial charge in [0, 0.05) is 0 Å². The standard InChI is InChI=1S/2C16H36N.C10H15N5O11P2/c2*1-5-9-13-17(14-10-6-2,15-11-7-3)16-12-8-4;11-10-13-7-4(8(18)14-10)12-2-15(7)9-6(17)5(16)3(25-9)1-24-28(22,23)26-27(19,20)21/h2*5-16H2,1-4H3;2-3,5-6,9,16-17H,1H2,(H,22,23)(H2,19,20,21)(H3,11,13,14,18)/q2*+1;/p-2/t;;3-,5-,6-,9-/m..1/s1. The molecule has 1 aliphatic rings. The number of aromatic nitrogens is 4. The minimum absolute atomic E-state index is 0.0792. The Kier molecular flexibility index (Phi) is 28.6. The smallest absolute Gasteiger partial charge is 0.280 e. The van der Waals surface area contributed by atoms with Gasteiger partial charge in [0.05, 0.1) is 65.3 Å². The predicted molar refractivity (Wildman–Crippen MR) is 242 cm³/mol. The predicted octanol–water partition coefficient (Wildman–Crippen LogP) is 6.29. The number of unbranched alkanes of at least 4 members (excludes halogenated alkanes) is 8. The lowest BCUT2D eigenvalue weighted by Crippen LogP contribution is -2.50. The number of quaternary nitrogens is 2. The van der Waals surface area contributed by atoms with Crippen LogP contribution in [0.5, 0.6) is 0 Å². The lowest BCUT2D eigenvalue weighted by Gasteiger charge is -2.39. The molecule has 3 heterocycles. The summed E-state index contributed by atoms with van der Waals surface area (Å²) in [5.41, 5.74) is 4.58. The summed E-state index contributed by atoms with van der Waals surface area (Å²) in [5.74, 6) is -0.248. The Bertz CT molecular complexity index is 1530. The molecule has 1 saturated heterocycles. The van der Waals surface area contributed by atoms with Crippen LogP contribution in [0.3, 0.4) is 0 Å². The van der Waals surface area contributed by atoms with Gasteiger partial charge in [0.25, 0.3) is 21.2 Å². The first kappa shape index (κ1) is 58.2. The van der Waals surface area contributed by atoms with Gasteiger partial charge in [-0.15, -0.1) is 0 Å². The number of fused-ring (bicyclic) bond motifs is 1. The van der Waals surface area contributed by atoms with Crippen molar-refractivity contribution in [2.45, 2.75) is 183 Å². The molecule has 364 valence electrons. The Morgan fingerprint density at radius 1 is 0.726 bits per heavy atom. The highest BCUT2D eigenvalue weighted by atomic mass is 31.3. The fourth-order valence-electron chi connectivity index (χ4n) is 7.83. The Hall–Kier alpha value is -1.79. The van der Waals surface area contributed by atoms with Crippen LogP contribution in [0.25, 0.3) is 11.2 Å². The zero-order chi connectivity index (χ0) is 46.8. The van der Waals surface area contributed by atoms with Crippen molar-refractivity contribution in [1.82, 2.24) is 19.5 Å². The lowest BCUT2D eigenvalue weighted by atomic mass is 10.1. The molecular formula is C42H85N7O11P2. The number of H-pyrrole nitrogens is 1. The van der Waals surface area contributed by atoms with Crippen LogP contribution in [0, 0.1) is 0 Å². The minimum atomic E-state index is -5.63. The van der Waals surface area contributed by atoms with Gasteiger partial charge >= 0.3 is 0 Å². The average molecular weight is 926 g/mol. The first-order valence-corrected chi connectivity index (χ1v) is 26.5. The van der Waals surface area contributed by atoms with Gasteiger partial charge in [0.2, 0.25) is 5.95 Å². The minimum Gasteiger partial charge on any atom is -0.756 e. The van der Waals surface area contributed by atoms with Crippen LogP contribution >= 0.6 is 15.6 Å². The zero-order valence-electron chi connectivity index (χ0n) is 39.4. The van der Waals surface area contributed by atoms with E-state index in [1.807, 2.05) is 0 Å². The van der Waals surface area contributed by atoms with Crippen LogP contribution < -0.4 is 21.1 Å². The van der Waals surface area contributed by atoms with E-state index in [4.69, 9.17) is 15.4 Å². The molecule has 20 heteroatoms. The number of ether oxygens (including phenoxy) is 1. The number of nitrogen functional groups attached to an aromatic ring is 1. The van der Waals surface area contributed by atoms with Crippen molar-refractivity contribution in [3.05, 3.63) is 16.7 Å². The molecule has 2 aromatic heterocycles. The largest absolute Gasteiger partial charge is 0.756 e. The Labute approximate surface area is 372 Å². The van der Waals surface area contributed by atoms with Gasteiger partial charge in [0.15, 0.2) is 17.4 Å². The van der Waals surface area contributed by atoms with Crippen LogP contribution in [0.15, 0.2) is 11.1 Å². The molecule has 1 aliphatic heterocycles. The van der Waals surface area contributed by atoms with Gasteiger partial charge < -0.3 is 48.9 Å². The summed E-state index contributed by atoms with van der Waals surface area (Å²) in [5, 5.41) is 20.2. The number of anilines is 1.